The van der Waals surface area contributed by atoms with Crippen LogP contribution in [0.1, 0.15) is 76.7 Å². The van der Waals surface area contributed by atoms with Gasteiger partial charge in [0.2, 0.25) is 0 Å². The number of unbranched alkanes of at least 4 members (excludes halogenated alkanes) is 9. The van der Waals surface area contributed by atoms with E-state index >= 15 is 0 Å². The second-order valence-corrected chi connectivity index (χ2v) is 7.23. The molecule has 3 N–H and O–H groups in total. The van der Waals surface area contributed by atoms with E-state index in [0.717, 1.165) is 30.4 Å². The smallest absolute Gasteiger partial charge is 0.116 e. The molecular weight excluding hydrogens is 308 g/mol. The number of aromatic hydroxyl groups is 1. The van der Waals surface area contributed by atoms with Gasteiger partial charge in [-0.2, -0.15) is 0 Å². The fourth-order valence-corrected chi connectivity index (χ4v) is 3.46. The zero-order valence-electron chi connectivity index (χ0n) is 15.9. The second-order valence-electron chi connectivity index (χ2n) is 7.23. The van der Waals surface area contributed by atoms with Gasteiger partial charge in [0.15, 0.2) is 0 Å². The first-order chi connectivity index (χ1) is 12.3. The number of nitrogens with one attached hydrogen (secondary N) is 2. The van der Waals surface area contributed by atoms with E-state index < -0.39 is 0 Å². The number of aromatic amines is 1. The lowest BCUT2D eigenvalue weighted by Crippen LogP contribution is -2.18. The predicted octanol–water partition coefficient (Wildman–Crippen LogP) is 5.93. The molecular formula is C22H36N2O. The standard InChI is InChI=1S/C22H36N2O/c1-2-3-4-5-6-7-8-9-10-11-15-23-16-14-19-18-24-22-13-12-20(25)17-21(19)22/h12-13,17-18,23-25H,2-11,14-16H2,1H3. The van der Waals surface area contributed by atoms with Gasteiger partial charge >= 0.3 is 0 Å². The molecule has 0 bridgehead atoms. The summed E-state index contributed by atoms with van der Waals surface area (Å²) < 4.78 is 0. The highest BCUT2D eigenvalue weighted by atomic mass is 16.3. The molecule has 2 aromatic rings. The number of rotatable bonds is 14. The van der Waals surface area contributed by atoms with Gasteiger partial charge < -0.3 is 15.4 Å². The molecule has 3 heteroatoms. The molecule has 0 amide bonds. The third-order valence-electron chi connectivity index (χ3n) is 5.03. The zero-order valence-corrected chi connectivity index (χ0v) is 15.9. The third-order valence-corrected chi connectivity index (χ3v) is 5.03. The van der Waals surface area contributed by atoms with Crippen LogP contribution in [0.15, 0.2) is 24.4 Å². The van der Waals surface area contributed by atoms with Crippen LogP contribution in [-0.2, 0) is 6.42 Å². The number of hydrogen-bond donors (Lipinski definition) is 3. The van der Waals surface area contributed by atoms with E-state index in [9.17, 15) is 5.11 Å². The fourth-order valence-electron chi connectivity index (χ4n) is 3.46. The summed E-state index contributed by atoms with van der Waals surface area (Å²) >= 11 is 0. The van der Waals surface area contributed by atoms with E-state index in [1.165, 1.54) is 69.8 Å². The van der Waals surface area contributed by atoms with Crippen molar-refractivity contribution in [3.05, 3.63) is 30.0 Å². The Morgan fingerprint density at radius 1 is 0.880 bits per heavy atom. The minimum Gasteiger partial charge on any atom is -0.508 e. The van der Waals surface area contributed by atoms with Crippen LogP contribution < -0.4 is 5.32 Å². The highest BCUT2D eigenvalue weighted by Crippen LogP contribution is 2.23. The number of phenolic OH excluding ortho intramolecular Hbond substituents is 1. The minimum atomic E-state index is 0.340. The first kappa shape index (κ1) is 19.8. The molecule has 0 saturated heterocycles. The van der Waals surface area contributed by atoms with Gasteiger partial charge in [-0.15, -0.1) is 0 Å². The Morgan fingerprint density at radius 3 is 2.28 bits per heavy atom. The number of phenols is 1. The third kappa shape index (κ3) is 7.52. The SMILES string of the molecule is CCCCCCCCCCCCNCCc1c[nH]c2ccc(O)cc12. The zero-order chi connectivity index (χ0) is 17.7. The number of fused-ring (bicyclic) bond motifs is 1. The molecule has 140 valence electrons. The van der Waals surface area contributed by atoms with Gasteiger partial charge in [-0.05, 0) is 49.7 Å². The topological polar surface area (TPSA) is 48.0 Å². The van der Waals surface area contributed by atoms with Gasteiger partial charge in [0.1, 0.15) is 5.75 Å². The molecule has 0 atom stereocenters. The lowest BCUT2D eigenvalue weighted by molar-refractivity contribution is 0.476. The predicted molar refractivity (Wildman–Crippen MR) is 108 cm³/mol. The molecule has 25 heavy (non-hydrogen) atoms. The first-order valence-electron chi connectivity index (χ1n) is 10.3. The maximum atomic E-state index is 9.63. The molecule has 0 aliphatic rings. The molecule has 0 aliphatic carbocycles. The molecule has 3 nitrogen and oxygen atoms in total. The van der Waals surface area contributed by atoms with Crippen LogP contribution in [0, 0.1) is 0 Å². The summed E-state index contributed by atoms with van der Waals surface area (Å²) in [7, 11) is 0. The van der Waals surface area contributed by atoms with Gasteiger partial charge in [0, 0.05) is 17.1 Å². The van der Waals surface area contributed by atoms with Crippen LogP contribution in [0.3, 0.4) is 0 Å². The van der Waals surface area contributed by atoms with Crippen LogP contribution in [-0.4, -0.2) is 23.2 Å². The van der Waals surface area contributed by atoms with Crippen LogP contribution >= 0.6 is 0 Å². The van der Waals surface area contributed by atoms with Crippen molar-refractivity contribution in [2.45, 2.75) is 77.6 Å². The Morgan fingerprint density at radius 2 is 1.56 bits per heavy atom. The van der Waals surface area contributed by atoms with Crippen LogP contribution in [0.5, 0.6) is 5.75 Å². The van der Waals surface area contributed by atoms with Crippen molar-refractivity contribution in [2.24, 2.45) is 0 Å². The van der Waals surface area contributed by atoms with Gasteiger partial charge in [-0.1, -0.05) is 64.7 Å². The molecule has 1 aromatic heterocycles. The summed E-state index contributed by atoms with van der Waals surface area (Å²) in [5.41, 5.74) is 2.38. The van der Waals surface area contributed by atoms with Crippen molar-refractivity contribution < 1.29 is 5.11 Å². The second kappa shape index (κ2) is 12.0. The van der Waals surface area contributed by atoms with E-state index in [2.05, 4.69) is 23.4 Å². The van der Waals surface area contributed by atoms with Gasteiger partial charge in [-0.3, -0.25) is 0 Å². The lowest BCUT2D eigenvalue weighted by atomic mass is 10.1. The quantitative estimate of drug-likeness (QED) is 0.372. The van der Waals surface area contributed by atoms with E-state index in [4.69, 9.17) is 0 Å². The van der Waals surface area contributed by atoms with Crippen molar-refractivity contribution in [3.63, 3.8) is 0 Å². The van der Waals surface area contributed by atoms with Crippen LogP contribution in [0.25, 0.3) is 10.9 Å². The van der Waals surface area contributed by atoms with E-state index in [-0.39, 0.29) is 0 Å². The summed E-state index contributed by atoms with van der Waals surface area (Å²) in [6.07, 6.45) is 16.9. The molecule has 1 aromatic carbocycles. The van der Waals surface area contributed by atoms with Crippen molar-refractivity contribution in [1.29, 1.82) is 0 Å². The lowest BCUT2D eigenvalue weighted by Gasteiger charge is -2.05. The summed E-state index contributed by atoms with van der Waals surface area (Å²) in [6, 6.07) is 5.51. The normalized spacial score (nSPS) is 11.4. The van der Waals surface area contributed by atoms with Crippen LogP contribution in [0.2, 0.25) is 0 Å². The molecule has 1 heterocycles. The number of aromatic nitrogens is 1. The van der Waals surface area contributed by atoms with Crippen molar-refractivity contribution in [3.8, 4) is 5.75 Å². The summed E-state index contributed by atoms with van der Waals surface area (Å²) in [5.74, 6) is 0.340. The van der Waals surface area contributed by atoms with Gasteiger partial charge in [0.25, 0.3) is 0 Å². The molecule has 0 aliphatic heterocycles. The van der Waals surface area contributed by atoms with Gasteiger partial charge in [0.05, 0.1) is 0 Å². The summed E-state index contributed by atoms with van der Waals surface area (Å²) in [4.78, 5) is 3.27. The summed E-state index contributed by atoms with van der Waals surface area (Å²) in [6.45, 7) is 4.39. The van der Waals surface area contributed by atoms with E-state index in [0.29, 0.717) is 5.75 Å². The Bertz CT molecular complexity index is 591. The molecule has 0 saturated carbocycles. The Kier molecular flexibility index (Phi) is 9.50. The highest BCUT2D eigenvalue weighted by Gasteiger charge is 2.04. The van der Waals surface area contributed by atoms with Crippen molar-refractivity contribution >= 4 is 10.9 Å². The molecule has 2 rings (SSSR count). The molecule has 0 fully saturated rings. The van der Waals surface area contributed by atoms with Crippen LogP contribution in [0.4, 0.5) is 0 Å². The van der Waals surface area contributed by atoms with Crippen molar-refractivity contribution in [1.82, 2.24) is 10.3 Å². The molecule has 0 unspecified atom stereocenters. The molecule has 0 radical (unpaired) electrons. The number of benzene rings is 1. The average molecular weight is 345 g/mol. The maximum absolute atomic E-state index is 9.63. The number of H-pyrrole nitrogens is 1. The highest BCUT2D eigenvalue weighted by molar-refractivity contribution is 5.84. The number of hydrogen-bond acceptors (Lipinski definition) is 2. The Hall–Kier alpha value is -1.48. The Balaban J connectivity index is 1.45. The Labute approximate surface area is 153 Å². The van der Waals surface area contributed by atoms with Gasteiger partial charge in [-0.25, -0.2) is 0 Å². The van der Waals surface area contributed by atoms with Crippen molar-refractivity contribution in [2.75, 3.05) is 13.1 Å². The minimum absolute atomic E-state index is 0.340. The van der Waals surface area contributed by atoms with E-state index in [1.54, 1.807) is 6.07 Å². The maximum Gasteiger partial charge on any atom is 0.116 e. The average Bonchev–Trinajstić information content (AvgIpc) is 3.01. The summed E-state index contributed by atoms with van der Waals surface area (Å²) in [5, 5.41) is 14.3. The van der Waals surface area contributed by atoms with E-state index in [1.807, 2.05) is 12.1 Å². The largest absolute Gasteiger partial charge is 0.508 e. The fraction of sp³-hybridized carbons (Fsp3) is 0.636. The first-order valence-corrected chi connectivity index (χ1v) is 10.3. The molecule has 0 spiro atoms. The monoisotopic (exact) mass is 344 g/mol.